The van der Waals surface area contributed by atoms with Crippen molar-refractivity contribution >= 4 is 27.5 Å². The van der Waals surface area contributed by atoms with Crippen LogP contribution in [-0.2, 0) is 0 Å². The fraction of sp³-hybridized carbons (Fsp3) is 0.381. The summed E-state index contributed by atoms with van der Waals surface area (Å²) in [5, 5.41) is 2.92. The molecule has 2 rings (SSSR count). The molecule has 1 atom stereocenters. The number of hydrogen-bond donors (Lipinski definition) is 1. The summed E-state index contributed by atoms with van der Waals surface area (Å²) >= 11 is 3.42. The van der Waals surface area contributed by atoms with Crippen LogP contribution in [0.2, 0.25) is 0 Å². The third-order valence-corrected chi connectivity index (χ3v) is 4.46. The SMILES string of the molecule is CCCCOc1ccc(Br)cc1C(=O)Nc1ccc(OC(C)CC)cc1. The highest BCUT2D eigenvalue weighted by molar-refractivity contribution is 9.10. The first-order valence-corrected chi connectivity index (χ1v) is 9.83. The van der Waals surface area contributed by atoms with Crippen LogP contribution in [0.1, 0.15) is 50.4 Å². The van der Waals surface area contributed by atoms with E-state index in [0.29, 0.717) is 23.6 Å². The van der Waals surface area contributed by atoms with Gasteiger partial charge in [0, 0.05) is 10.2 Å². The Labute approximate surface area is 164 Å². The van der Waals surface area contributed by atoms with E-state index >= 15 is 0 Å². The highest BCUT2D eigenvalue weighted by Crippen LogP contribution is 2.25. The number of benzene rings is 2. The van der Waals surface area contributed by atoms with E-state index in [9.17, 15) is 4.79 Å². The molecule has 1 N–H and O–H groups in total. The first kappa shape index (κ1) is 20.3. The van der Waals surface area contributed by atoms with Gasteiger partial charge in [0.1, 0.15) is 11.5 Å². The van der Waals surface area contributed by atoms with Gasteiger partial charge in [0.15, 0.2) is 0 Å². The predicted octanol–water partition coefficient (Wildman–Crippen LogP) is 6.06. The highest BCUT2D eigenvalue weighted by Gasteiger charge is 2.14. The van der Waals surface area contributed by atoms with E-state index in [1.807, 2.05) is 43.3 Å². The summed E-state index contributed by atoms with van der Waals surface area (Å²) in [5.74, 6) is 1.19. The minimum Gasteiger partial charge on any atom is -0.493 e. The molecule has 0 bridgehead atoms. The molecular formula is C21H26BrNO3. The Morgan fingerprint density at radius 2 is 1.88 bits per heavy atom. The standard InChI is InChI=1S/C21H26BrNO3/c1-4-6-13-25-20-12-7-16(22)14-19(20)21(24)23-17-8-10-18(11-9-17)26-15(3)5-2/h7-12,14-15H,4-6,13H2,1-3H3,(H,23,24). The zero-order valence-corrected chi connectivity index (χ0v) is 17.1. The molecule has 0 saturated carbocycles. The number of carbonyl (C=O) groups excluding carboxylic acids is 1. The first-order chi connectivity index (χ1) is 12.5. The number of carbonyl (C=O) groups is 1. The average molecular weight is 420 g/mol. The van der Waals surface area contributed by atoms with Gasteiger partial charge in [0.05, 0.1) is 18.3 Å². The van der Waals surface area contributed by atoms with Crippen molar-refractivity contribution < 1.29 is 14.3 Å². The Morgan fingerprint density at radius 1 is 1.15 bits per heavy atom. The van der Waals surface area contributed by atoms with Gasteiger partial charge in [0.25, 0.3) is 5.91 Å². The van der Waals surface area contributed by atoms with Crippen LogP contribution in [0.15, 0.2) is 46.9 Å². The topological polar surface area (TPSA) is 47.6 Å². The molecule has 0 aromatic heterocycles. The molecule has 0 radical (unpaired) electrons. The molecule has 0 saturated heterocycles. The summed E-state index contributed by atoms with van der Waals surface area (Å²) in [6.45, 7) is 6.81. The van der Waals surface area contributed by atoms with Crippen molar-refractivity contribution in [3.05, 3.63) is 52.5 Å². The Bertz CT molecular complexity index is 716. The molecule has 1 amide bonds. The average Bonchev–Trinajstić information content (AvgIpc) is 2.64. The molecule has 0 fully saturated rings. The zero-order chi connectivity index (χ0) is 18.9. The van der Waals surface area contributed by atoms with Crippen molar-refractivity contribution in [2.24, 2.45) is 0 Å². The molecule has 0 spiro atoms. The second kappa shape index (κ2) is 10.2. The molecule has 2 aromatic carbocycles. The summed E-state index contributed by atoms with van der Waals surface area (Å²) in [6.07, 6.45) is 3.11. The molecule has 1 unspecified atom stereocenters. The maximum absolute atomic E-state index is 12.7. The fourth-order valence-corrected chi connectivity index (χ4v) is 2.62. The quantitative estimate of drug-likeness (QED) is 0.502. The van der Waals surface area contributed by atoms with E-state index in [1.54, 1.807) is 6.07 Å². The Hall–Kier alpha value is -2.01. The van der Waals surface area contributed by atoms with Crippen LogP contribution in [-0.4, -0.2) is 18.6 Å². The van der Waals surface area contributed by atoms with Crippen LogP contribution in [0.25, 0.3) is 0 Å². The van der Waals surface area contributed by atoms with Gasteiger partial charge in [-0.05, 0) is 62.2 Å². The Morgan fingerprint density at radius 3 is 2.54 bits per heavy atom. The molecule has 0 aliphatic carbocycles. The van der Waals surface area contributed by atoms with Crippen LogP contribution < -0.4 is 14.8 Å². The third kappa shape index (κ3) is 6.06. The zero-order valence-electron chi connectivity index (χ0n) is 15.5. The van der Waals surface area contributed by atoms with Gasteiger partial charge in [-0.15, -0.1) is 0 Å². The van der Waals surface area contributed by atoms with Crippen molar-refractivity contribution in [3.63, 3.8) is 0 Å². The molecule has 4 nitrogen and oxygen atoms in total. The highest BCUT2D eigenvalue weighted by atomic mass is 79.9. The van der Waals surface area contributed by atoms with E-state index in [-0.39, 0.29) is 12.0 Å². The predicted molar refractivity (Wildman–Crippen MR) is 109 cm³/mol. The largest absolute Gasteiger partial charge is 0.493 e. The number of hydrogen-bond acceptors (Lipinski definition) is 3. The number of anilines is 1. The lowest BCUT2D eigenvalue weighted by Crippen LogP contribution is -2.14. The van der Waals surface area contributed by atoms with E-state index in [1.165, 1.54) is 0 Å². The molecule has 26 heavy (non-hydrogen) atoms. The lowest BCUT2D eigenvalue weighted by molar-refractivity contribution is 0.102. The maximum atomic E-state index is 12.7. The minimum absolute atomic E-state index is 0.167. The number of nitrogens with one attached hydrogen (secondary N) is 1. The van der Waals surface area contributed by atoms with Crippen molar-refractivity contribution in [1.29, 1.82) is 0 Å². The molecule has 0 aliphatic rings. The summed E-state index contributed by atoms with van der Waals surface area (Å²) in [4.78, 5) is 12.7. The fourth-order valence-electron chi connectivity index (χ4n) is 2.26. The summed E-state index contributed by atoms with van der Waals surface area (Å²) in [6, 6.07) is 12.9. The number of amides is 1. The summed E-state index contributed by atoms with van der Waals surface area (Å²) < 4.78 is 12.4. The number of unbranched alkanes of at least 4 members (excludes halogenated alkanes) is 1. The van der Waals surface area contributed by atoms with Crippen molar-refractivity contribution in [2.75, 3.05) is 11.9 Å². The van der Waals surface area contributed by atoms with Gasteiger partial charge in [-0.25, -0.2) is 0 Å². The van der Waals surface area contributed by atoms with Crippen LogP contribution in [0.4, 0.5) is 5.69 Å². The summed E-state index contributed by atoms with van der Waals surface area (Å²) in [7, 11) is 0. The smallest absolute Gasteiger partial charge is 0.259 e. The molecule has 5 heteroatoms. The second-order valence-electron chi connectivity index (χ2n) is 6.16. The van der Waals surface area contributed by atoms with Crippen LogP contribution in [0, 0.1) is 0 Å². The Balaban J connectivity index is 2.08. The lowest BCUT2D eigenvalue weighted by atomic mass is 10.1. The number of rotatable bonds is 9. The van der Waals surface area contributed by atoms with Crippen LogP contribution >= 0.6 is 15.9 Å². The van der Waals surface area contributed by atoms with Gasteiger partial charge in [-0.3, -0.25) is 4.79 Å². The van der Waals surface area contributed by atoms with Crippen molar-refractivity contribution in [3.8, 4) is 11.5 Å². The number of ether oxygens (including phenoxy) is 2. The van der Waals surface area contributed by atoms with E-state index in [4.69, 9.17) is 9.47 Å². The molecule has 140 valence electrons. The molecule has 0 aliphatic heterocycles. The van der Waals surface area contributed by atoms with Gasteiger partial charge in [-0.1, -0.05) is 36.2 Å². The normalized spacial score (nSPS) is 11.7. The minimum atomic E-state index is -0.201. The van der Waals surface area contributed by atoms with Crippen LogP contribution in [0.3, 0.4) is 0 Å². The molecule has 0 heterocycles. The van der Waals surface area contributed by atoms with Gasteiger partial charge < -0.3 is 14.8 Å². The maximum Gasteiger partial charge on any atom is 0.259 e. The molecular weight excluding hydrogens is 394 g/mol. The van der Waals surface area contributed by atoms with Crippen molar-refractivity contribution in [2.45, 2.75) is 46.1 Å². The van der Waals surface area contributed by atoms with E-state index < -0.39 is 0 Å². The van der Waals surface area contributed by atoms with Crippen LogP contribution in [0.5, 0.6) is 11.5 Å². The Kier molecular flexibility index (Phi) is 7.98. The third-order valence-electron chi connectivity index (χ3n) is 3.97. The van der Waals surface area contributed by atoms with Crippen molar-refractivity contribution in [1.82, 2.24) is 0 Å². The number of halogens is 1. The van der Waals surface area contributed by atoms with E-state index in [2.05, 4.69) is 35.1 Å². The first-order valence-electron chi connectivity index (χ1n) is 9.03. The molecule has 2 aromatic rings. The van der Waals surface area contributed by atoms with Gasteiger partial charge in [0.2, 0.25) is 0 Å². The van der Waals surface area contributed by atoms with E-state index in [0.717, 1.165) is 29.5 Å². The van der Waals surface area contributed by atoms with Gasteiger partial charge >= 0.3 is 0 Å². The lowest BCUT2D eigenvalue weighted by Gasteiger charge is -2.14. The van der Waals surface area contributed by atoms with Gasteiger partial charge in [-0.2, -0.15) is 0 Å². The summed E-state index contributed by atoms with van der Waals surface area (Å²) in [5.41, 5.74) is 1.22. The monoisotopic (exact) mass is 419 g/mol. The second-order valence-corrected chi connectivity index (χ2v) is 7.07.